The quantitative estimate of drug-likeness (QED) is 0.514. The Morgan fingerprint density at radius 1 is 1.50 bits per heavy atom. The average Bonchev–Trinajstić information content (AvgIpc) is 2.56. The van der Waals surface area contributed by atoms with E-state index in [-0.39, 0.29) is 24.9 Å². The maximum Gasteiger partial charge on any atom is 0.240 e. The fourth-order valence-corrected chi connectivity index (χ4v) is 2.27. The summed E-state index contributed by atoms with van der Waals surface area (Å²) in [6.45, 7) is 0.926. The van der Waals surface area contributed by atoms with Crippen molar-refractivity contribution < 1.29 is 14.7 Å². The molecule has 0 aromatic heterocycles. The smallest absolute Gasteiger partial charge is 0.240 e. The van der Waals surface area contributed by atoms with Crippen molar-refractivity contribution >= 4 is 11.8 Å². The van der Waals surface area contributed by atoms with Gasteiger partial charge in [0.15, 0.2) is 0 Å². The minimum atomic E-state index is -0.919. The fourth-order valence-electron chi connectivity index (χ4n) is 2.27. The number of β-amino-alcohol motifs (C(OH)–C–C–N with tert-alkyl or cyclic N) is 1. The number of primary amides is 1. The highest BCUT2D eigenvalue weighted by Crippen LogP contribution is 2.19. The zero-order valence-electron chi connectivity index (χ0n) is 10.9. The molecular formula is C11H22N4O3. The summed E-state index contributed by atoms with van der Waals surface area (Å²) in [7, 11) is 3.80. The van der Waals surface area contributed by atoms with Crippen molar-refractivity contribution in [2.45, 2.75) is 31.0 Å². The van der Waals surface area contributed by atoms with Gasteiger partial charge < -0.3 is 26.4 Å². The lowest BCUT2D eigenvalue weighted by atomic mass is 10.1. The maximum absolute atomic E-state index is 12.1. The van der Waals surface area contributed by atoms with E-state index in [4.69, 9.17) is 11.5 Å². The van der Waals surface area contributed by atoms with E-state index in [1.165, 1.54) is 0 Å². The molecule has 1 aliphatic rings. The number of likely N-dealkylation sites (tertiary alicyclic amines) is 1. The molecule has 2 amide bonds. The molecule has 0 aliphatic carbocycles. The van der Waals surface area contributed by atoms with Crippen LogP contribution in [0.15, 0.2) is 0 Å². The second-order valence-corrected chi connectivity index (χ2v) is 5.07. The van der Waals surface area contributed by atoms with Crippen molar-refractivity contribution in [3.63, 3.8) is 0 Å². The molecule has 0 bridgehead atoms. The van der Waals surface area contributed by atoms with Crippen molar-refractivity contribution in [3.05, 3.63) is 0 Å². The van der Waals surface area contributed by atoms with Crippen molar-refractivity contribution in [3.8, 4) is 0 Å². The molecule has 3 unspecified atom stereocenters. The average molecular weight is 258 g/mol. The van der Waals surface area contributed by atoms with Crippen LogP contribution in [0.3, 0.4) is 0 Å². The van der Waals surface area contributed by atoms with E-state index >= 15 is 0 Å². The first-order chi connectivity index (χ1) is 8.31. The van der Waals surface area contributed by atoms with Crippen LogP contribution < -0.4 is 11.5 Å². The van der Waals surface area contributed by atoms with Gasteiger partial charge in [-0.1, -0.05) is 0 Å². The molecule has 1 aliphatic heterocycles. The number of rotatable bonds is 5. The lowest BCUT2D eigenvalue weighted by molar-refractivity contribution is -0.135. The van der Waals surface area contributed by atoms with E-state index in [0.717, 1.165) is 0 Å². The number of nitrogens with two attached hydrogens (primary N) is 2. The van der Waals surface area contributed by atoms with Crippen molar-refractivity contribution in [2.75, 3.05) is 27.2 Å². The summed E-state index contributed by atoms with van der Waals surface area (Å²) in [4.78, 5) is 26.3. The predicted molar refractivity (Wildman–Crippen MR) is 66.5 cm³/mol. The molecular weight excluding hydrogens is 236 g/mol. The fraction of sp³-hybridized carbons (Fsp3) is 0.818. The minimum Gasteiger partial charge on any atom is -0.391 e. The largest absolute Gasteiger partial charge is 0.391 e. The summed E-state index contributed by atoms with van der Waals surface area (Å²) in [6.07, 6.45) is -0.160. The van der Waals surface area contributed by atoms with Gasteiger partial charge in [-0.3, -0.25) is 9.59 Å². The molecule has 1 fully saturated rings. The van der Waals surface area contributed by atoms with E-state index in [9.17, 15) is 14.7 Å². The van der Waals surface area contributed by atoms with E-state index in [0.29, 0.717) is 13.0 Å². The van der Waals surface area contributed by atoms with Crippen molar-refractivity contribution in [1.82, 2.24) is 9.80 Å². The monoisotopic (exact) mass is 258 g/mol. The lowest BCUT2D eigenvalue weighted by Gasteiger charge is -2.28. The Balaban J connectivity index is 2.66. The highest BCUT2D eigenvalue weighted by Gasteiger charge is 2.36. The van der Waals surface area contributed by atoms with Gasteiger partial charge in [0.05, 0.1) is 18.6 Å². The zero-order valence-corrected chi connectivity index (χ0v) is 10.9. The van der Waals surface area contributed by atoms with Gasteiger partial charge in [-0.25, -0.2) is 0 Å². The Hall–Kier alpha value is -1.18. The predicted octanol–water partition coefficient (Wildman–Crippen LogP) is -2.29. The number of hydrogen-bond donors (Lipinski definition) is 3. The van der Waals surface area contributed by atoms with Gasteiger partial charge >= 0.3 is 0 Å². The third-order valence-electron chi connectivity index (χ3n) is 2.99. The number of carbonyl (C=O) groups is 2. The Labute approximate surface area is 107 Å². The van der Waals surface area contributed by atoms with E-state index in [1.807, 2.05) is 19.0 Å². The molecule has 0 radical (unpaired) electrons. The van der Waals surface area contributed by atoms with Crippen LogP contribution in [0.5, 0.6) is 0 Å². The summed E-state index contributed by atoms with van der Waals surface area (Å²) in [5.74, 6) is -0.919. The van der Waals surface area contributed by atoms with Gasteiger partial charge in [0.25, 0.3) is 0 Å². The molecule has 1 rings (SSSR count). The Bertz CT molecular complexity index is 321. The van der Waals surface area contributed by atoms with Gasteiger partial charge in [-0.2, -0.15) is 0 Å². The Morgan fingerprint density at radius 2 is 2.11 bits per heavy atom. The third-order valence-corrected chi connectivity index (χ3v) is 2.99. The molecule has 1 heterocycles. The van der Waals surface area contributed by atoms with Crippen LogP contribution in [-0.2, 0) is 9.59 Å². The number of hydrogen-bond acceptors (Lipinski definition) is 5. The number of amides is 2. The van der Waals surface area contributed by atoms with Crippen LogP contribution in [-0.4, -0.2) is 72.1 Å². The van der Waals surface area contributed by atoms with Gasteiger partial charge in [0.1, 0.15) is 0 Å². The topological polar surface area (TPSA) is 113 Å². The minimum absolute atomic E-state index is 0.0681. The Kier molecular flexibility index (Phi) is 5.06. The molecule has 5 N–H and O–H groups in total. The molecule has 0 spiro atoms. The van der Waals surface area contributed by atoms with Crippen LogP contribution in [0.1, 0.15) is 12.8 Å². The van der Waals surface area contributed by atoms with Gasteiger partial charge in [-0.15, -0.1) is 0 Å². The number of likely N-dealkylation sites (N-methyl/N-ethyl adjacent to an activating group) is 1. The highest BCUT2D eigenvalue weighted by atomic mass is 16.3. The van der Waals surface area contributed by atoms with E-state index in [1.54, 1.807) is 4.90 Å². The molecule has 7 nitrogen and oxygen atoms in total. The molecule has 104 valence electrons. The SMILES string of the molecule is CN(C)CC1CC(O)CN1C(=O)C(N)CC(N)=O. The summed E-state index contributed by atoms with van der Waals surface area (Å²) in [6, 6.07) is -0.987. The number of aliphatic hydroxyl groups excluding tert-OH is 1. The number of nitrogens with zero attached hydrogens (tertiary/aromatic N) is 2. The molecule has 1 saturated heterocycles. The number of carbonyl (C=O) groups excluding carboxylic acids is 2. The van der Waals surface area contributed by atoms with Crippen LogP contribution >= 0.6 is 0 Å². The van der Waals surface area contributed by atoms with Gasteiger partial charge in [0.2, 0.25) is 11.8 Å². The normalized spacial score (nSPS) is 25.5. The van der Waals surface area contributed by atoms with Crippen LogP contribution in [0.2, 0.25) is 0 Å². The van der Waals surface area contributed by atoms with E-state index < -0.39 is 18.1 Å². The summed E-state index contributed by atoms with van der Waals surface area (Å²) in [5.41, 5.74) is 10.7. The summed E-state index contributed by atoms with van der Waals surface area (Å²) in [5, 5.41) is 9.65. The first-order valence-corrected chi connectivity index (χ1v) is 5.98. The van der Waals surface area contributed by atoms with Crippen LogP contribution in [0, 0.1) is 0 Å². The molecule has 0 saturated carbocycles. The summed E-state index contributed by atoms with van der Waals surface area (Å²) < 4.78 is 0. The standard InChI is InChI=1S/C11H22N4O3/c1-14(2)5-7-3-8(16)6-15(7)11(18)9(12)4-10(13)17/h7-9,16H,3-6,12H2,1-2H3,(H2,13,17). The molecule has 0 aromatic rings. The maximum atomic E-state index is 12.1. The van der Waals surface area contributed by atoms with Crippen molar-refractivity contribution in [1.29, 1.82) is 0 Å². The molecule has 18 heavy (non-hydrogen) atoms. The molecule has 3 atom stereocenters. The zero-order chi connectivity index (χ0) is 13.9. The second-order valence-electron chi connectivity index (χ2n) is 5.07. The van der Waals surface area contributed by atoms with Gasteiger partial charge in [0, 0.05) is 19.1 Å². The van der Waals surface area contributed by atoms with Crippen LogP contribution in [0.4, 0.5) is 0 Å². The number of aliphatic hydroxyl groups is 1. The Morgan fingerprint density at radius 3 is 2.61 bits per heavy atom. The van der Waals surface area contributed by atoms with Gasteiger partial charge in [-0.05, 0) is 20.5 Å². The first kappa shape index (κ1) is 14.9. The second kappa shape index (κ2) is 6.12. The lowest BCUT2D eigenvalue weighted by Crippen LogP contribution is -2.49. The first-order valence-electron chi connectivity index (χ1n) is 5.98. The summed E-state index contributed by atoms with van der Waals surface area (Å²) >= 11 is 0. The molecule has 7 heteroatoms. The third kappa shape index (κ3) is 3.94. The van der Waals surface area contributed by atoms with E-state index in [2.05, 4.69) is 0 Å². The highest BCUT2D eigenvalue weighted by molar-refractivity contribution is 5.88. The van der Waals surface area contributed by atoms with Crippen LogP contribution in [0.25, 0.3) is 0 Å². The molecule has 0 aromatic carbocycles. The van der Waals surface area contributed by atoms with Crippen molar-refractivity contribution in [2.24, 2.45) is 11.5 Å².